The molecule has 1 aliphatic carbocycles. The van der Waals surface area contributed by atoms with E-state index in [4.69, 9.17) is 0 Å². The van der Waals surface area contributed by atoms with Crippen LogP contribution in [0.2, 0.25) is 0 Å². The lowest BCUT2D eigenvalue weighted by atomic mass is 9.74. The average Bonchev–Trinajstić information content (AvgIpc) is 2.78. The fraction of sp³-hybridized carbons (Fsp3) is 0.538. The number of hydrogen-bond donors (Lipinski definition) is 1. The van der Waals surface area contributed by atoms with Crippen LogP contribution >= 0.6 is 0 Å². The average molecular weight is 244 g/mol. The van der Waals surface area contributed by atoms with Crippen LogP contribution in [0.5, 0.6) is 0 Å². The Morgan fingerprint density at radius 2 is 1.59 bits per heavy atom. The monoisotopic (exact) mass is 244 g/mol. The van der Waals surface area contributed by atoms with Gasteiger partial charge in [0.15, 0.2) is 6.10 Å². The number of alkyl halides is 3. The van der Waals surface area contributed by atoms with E-state index in [2.05, 4.69) is 0 Å². The minimum absolute atomic E-state index is 0.400. The minimum Gasteiger partial charge on any atom is -0.383 e. The molecule has 1 unspecified atom stereocenters. The first-order valence-electron chi connectivity index (χ1n) is 5.77. The Kier molecular flexibility index (Phi) is 3.17. The highest BCUT2D eigenvalue weighted by atomic mass is 19.4. The highest BCUT2D eigenvalue weighted by molar-refractivity contribution is 5.29. The smallest absolute Gasteiger partial charge is 0.383 e. The van der Waals surface area contributed by atoms with Gasteiger partial charge < -0.3 is 5.11 Å². The molecule has 0 aromatic heterocycles. The Morgan fingerprint density at radius 3 is 2.06 bits per heavy atom. The fourth-order valence-electron chi connectivity index (χ4n) is 2.81. The van der Waals surface area contributed by atoms with Gasteiger partial charge in [0.2, 0.25) is 0 Å². The number of aliphatic hydroxyl groups is 1. The molecule has 1 fully saturated rings. The summed E-state index contributed by atoms with van der Waals surface area (Å²) in [7, 11) is 0. The number of halogens is 3. The summed E-state index contributed by atoms with van der Waals surface area (Å²) in [5, 5.41) is 9.66. The summed E-state index contributed by atoms with van der Waals surface area (Å²) in [6, 6.07) is 8.57. The molecular weight excluding hydrogens is 229 g/mol. The molecule has 2 rings (SSSR count). The molecule has 1 aromatic carbocycles. The first kappa shape index (κ1) is 12.4. The zero-order valence-corrected chi connectivity index (χ0v) is 9.37. The maximum absolute atomic E-state index is 12.8. The van der Waals surface area contributed by atoms with E-state index in [9.17, 15) is 18.3 Å². The van der Waals surface area contributed by atoms with Crippen molar-refractivity contribution < 1.29 is 18.3 Å². The molecule has 1 aromatic rings. The molecule has 1 N–H and O–H groups in total. The van der Waals surface area contributed by atoms with Gasteiger partial charge in [-0.1, -0.05) is 43.2 Å². The van der Waals surface area contributed by atoms with Crippen LogP contribution in [0.15, 0.2) is 30.3 Å². The second-order valence-electron chi connectivity index (χ2n) is 4.67. The van der Waals surface area contributed by atoms with E-state index in [1.54, 1.807) is 30.3 Å². The van der Waals surface area contributed by atoms with Crippen LogP contribution in [0.1, 0.15) is 31.2 Å². The first-order chi connectivity index (χ1) is 7.97. The van der Waals surface area contributed by atoms with Gasteiger partial charge in [0.05, 0.1) is 0 Å². The molecule has 0 aliphatic heterocycles. The van der Waals surface area contributed by atoms with Crippen LogP contribution < -0.4 is 0 Å². The van der Waals surface area contributed by atoms with Crippen molar-refractivity contribution in [2.24, 2.45) is 0 Å². The van der Waals surface area contributed by atoms with Gasteiger partial charge in [-0.15, -0.1) is 0 Å². The molecule has 1 atom stereocenters. The fourth-order valence-corrected chi connectivity index (χ4v) is 2.81. The second-order valence-corrected chi connectivity index (χ2v) is 4.67. The van der Waals surface area contributed by atoms with Crippen LogP contribution in [-0.2, 0) is 5.41 Å². The quantitative estimate of drug-likeness (QED) is 0.845. The Labute approximate surface area is 98.3 Å². The van der Waals surface area contributed by atoms with E-state index in [0.29, 0.717) is 18.4 Å². The van der Waals surface area contributed by atoms with Gasteiger partial charge in [-0.2, -0.15) is 13.2 Å². The van der Waals surface area contributed by atoms with E-state index in [-0.39, 0.29) is 0 Å². The lowest BCUT2D eigenvalue weighted by molar-refractivity contribution is -0.225. The van der Waals surface area contributed by atoms with Crippen molar-refractivity contribution in [1.29, 1.82) is 0 Å². The Bertz CT molecular complexity index is 366. The third-order valence-electron chi connectivity index (χ3n) is 3.68. The topological polar surface area (TPSA) is 20.2 Å². The molecule has 17 heavy (non-hydrogen) atoms. The molecule has 0 heterocycles. The SMILES string of the molecule is OC(C(F)(F)F)C1(c2ccccc2)CCCC1. The lowest BCUT2D eigenvalue weighted by Crippen LogP contribution is -2.46. The van der Waals surface area contributed by atoms with Gasteiger partial charge in [-0.25, -0.2) is 0 Å². The number of rotatable bonds is 2. The number of benzene rings is 1. The molecule has 0 spiro atoms. The molecule has 1 nitrogen and oxygen atoms in total. The maximum Gasteiger partial charge on any atom is 0.415 e. The van der Waals surface area contributed by atoms with Gasteiger partial charge in [0, 0.05) is 5.41 Å². The first-order valence-corrected chi connectivity index (χ1v) is 5.77. The molecule has 0 radical (unpaired) electrons. The van der Waals surface area contributed by atoms with Crippen molar-refractivity contribution in [1.82, 2.24) is 0 Å². The zero-order chi connectivity index (χ0) is 12.5. The van der Waals surface area contributed by atoms with E-state index in [1.165, 1.54) is 0 Å². The maximum atomic E-state index is 12.8. The Hall–Kier alpha value is -1.03. The Morgan fingerprint density at radius 1 is 1.06 bits per heavy atom. The van der Waals surface area contributed by atoms with Crippen LogP contribution in [0.4, 0.5) is 13.2 Å². The minimum atomic E-state index is -4.56. The highest BCUT2D eigenvalue weighted by Gasteiger charge is 2.54. The summed E-state index contributed by atoms with van der Waals surface area (Å²) >= 11 is 0. The van der Waals surface area contributed by atoms with Gasteiger partial charge in [-0.05, 0) is 18.4 Å². The van der Waals surface area contributed by atoms with Crippen LogP contribution in [0.25, 0.3) is 0 Å². The van der Waals surface area contributed by atoms with E-state index in [0.717, 1.165) is 12.8 Å². The number of aliphatic hydroxyl groups excluding tert-OH is 1. The molecule has 0 bridgehead atoms. The van der Waals surface area contributed by atoms with Crippen LogP contribution in [-0.4, -0.2) is 17.4 Å². The van der Waals surface area contributed by atoms with E-state index in [1.807, 2.05) is 0 Å². The predicted octanol–water partition coefficient (Wildman–Crippen LogP) is 3.42. The number of hydrogen-bond acceptors (Lipinski definition) is 1. The largest absolute Gasteiger partial charge is 0.415 e. The summed E-state index contributed by atoms with van der Waals surface area (Å²) in [5.41, 5.74) is -0.540. The zero-order valence-electron chi connectivity index (χ0n) is 9.37. The molecule has 94 valence electrons. The highest BCUT2D eigenvalue weighted by Crippen LogP contribution is 2.48. The third kappa shape index (κ3) is 2.18. The van der Waals surface area contributed by atoms with Gasteiger partial charge in [0.1, 0.15) is 0 Å². The standard InChI is InChI=1S/C13H15F3O/c14-13(15,16)11(17)12(8-4-5-9-12)10-6-2-1-3-7-10/h1-3,6-7,11,17H,4-5,8-9H2. The van der Waals surface area contributed by atoms with Crippen molar-refractivity contribution in [3.63, 3.8) is 0 Å². The molecule has 0 saturated heterocycles. The summed E-state index contributed by atoms with van der Waals surface area (Å²) < 4.78 is 38.3. The van der Waals surface area contributed by atoms with Crippen molar-refractivity contribution in [3.8, 4) is 0 Å². The summed E-state index contributed by atoms with van der Waals surface area (Å²) in [5.74, 6) is 0. The Balaban J connectivity index is 2.40. The predicted molar refractivity (Wildman–Crippen MR) is 58.6 cm³/mol. The molecule has 0 amide bonds. The molecule has 4 heteroatoms. The van der Waals surface area contributed by atoms with Crippen LogP contribution in [0.3, 0.4) is 0 Å². The van der Waals surface area contributed by atoms with Crippen molar-refractivity contribution in [3.05, 3.63) is 35.9 Å². The van der Waals surface area contributed by atoms with Crippen LogP contribution in [0, 0.1) is 0 Å². The molecular formula is C13H15F3O. The van der Waals surface area contributed by atoms with Gasteiger partial charge >= 0.3 is 6.18 Å². The summed E-state index contributed by atoms with van der Waals surface area (Å²) in [4.78, 5) is 0. The van der Waals surface area contributed by atoms with E-state index >= 15 is 0 Å². The third-order valence-corrected chi connectivity index (χ3v) is 3.68. The lowest BCUT2D eigenvalue weighted by Gasteiger charge is -2.35. The summed E-state index contributed by atoms with van der Waals surface area (Å²) in [6.07, 6.45) is -4.54. The van der Waals surface area contributed by atoms with E-state index < -0.39 is 17.7 Å². The van der Waals surface area contributed by atoms with Gasteiger partial charge in [-0.3, -0.25) is 0 Å². The van der Waals surface area contributed by atoms with Gasteiger partial charge in [0.25, 0.3) is 0 Å². The molecule has 1 aliphatic rings. The van der Waals surface area contributed by atoms with Crippen molar-refractivity contribution >= 4 is 0 Å². The normalized spacial score (nSPS) is 21.4. The summed E-state index contributed by atoms with van der Waals surface area (Å²) in [6.45, 7) is 0. The molecule has 1 saturated carbocycles. The second kappa shape index (κ2) is 4.33. The van der Waals surface area contributed by atoms with Crippen molar-refractivity contribution in [2.45, 2.75) is 43.4 Å². The van der Waals surface area contributed by atoms with Crippen molar-refractivity contribution in [2.75, 3.05) is 0 Å².